The summed E-state index contributed by atoms with van der Waals surface area (Å²) in [4.78, 5) is 14.5. The molecule has 2 fully saturated rings. The van der Waals surface area contributed by atoms with Crippen LogP contribution in [0.2, 0.25) is 0 Å². The fourth-order valence-corrected chi connectivity index (χ4v) is 3.71. The molecule has 1 spiro atoms. The van der Waals surface area contributed by atoms with Gasteiger partial charge in [-0.2, -0.15) is 0 Å². The Morgan fingerprint density at radius 2 is 2.05 bits per heavy atom. The van der Waals surface area contributed by atoms with Crippen LogP contribution in [-0.2, 0) is 17.9 Å². The Morgan fingerprint density at radius 3 is 2.77 bits per heavy atom. The number of hydrogen-bond donors (Lipinski definition) is 2. The summed E-state index contributed by atoms with van der Waals surface area (Å²) in [6.45, 7) is 3.71. The zero-order chi connectivity index (χ0) is 15.6. The summed E-state index contributed by atoms with van der Waals surface area (Å²) in [6, 6.07) is 8.49. The molecular weight excluding hydrogens is 274 g/mol. The predicted octanol–water partition coefficient (Wildman–Crippen LogP) is 1.75. The van der Waals surface area contributed by atoms with E-state index in [1.54, 1.807) is 0 Å². The third-order valence-electron chi connectivity index (χ3n) is 5.06. The topological polar surface area (TPSA) is 44.4 Å². The third-order valence-corrected chi connectivity index (χ3v) is 5.06. The molecule has 0 bridgehead atoms. The minimum Gasteiger partial charge on any atom is -0.352 e. The number of hydrogen-bond acceptors (Lipinski definition) is 3. The van der Waals surface area contributed by atoms with Crippen LogP contribution >= 0.6 is 0 Å². The average Bonchev–Trinajstić information content (AvgIpc) is 3.18. The first kappa shape index (κ1) is 15.5. The van der Waals surface area contributed by atoms with Crippen molar-refractivity contribution in [2.45, 2.75) is 32.4 Å². The standard InChI is InChI=1S/C18H27N3O/c1-21(2)13-15-5-3-4-14(10-15)12-20-17(22)16-11-18(16)6-8-19-9-7-18/h3-5,10,16,19H,6-9,11-13H2,1-2H3,(H,20,22). The van der Waals surface area contributed by atoms with E-state index in [1.165, 1.54) is 11.1 Å². The maximum atomic E-state index is 12.4. The highest BCUT2D eigenvalue weighted by atomic mass is 16.2. The molecule has 1 saturated heterocycles. The zero-order valence-electron chi connectivity index (χ0n) is 13.7. The molecule has 1 aromatic rings. The Labute approximate surface area is 133 Å². The minimum atomic E-state index is 0.250. The number of piperidine rings is 1. The number of amides is 1. The lowest BCUT2D eigenvalue weighted by atomic mass is 9.92. The van der Waals surface area contributed by atoms with Crippen molar-refractivity contribution in [2.24, 2.45) is 11.3 Å². The Morgan fingerprint density at radius 1 is 1.32 bits per heavy atom. The summed E-state index contributed by atoms with van der Waals surface area (Å²) < 4.78 is 0. The van der Waals surface area contributed by atoms with Gasteiger partial charge in [-0.1, -0.05) is 24.3 Å². The monoisotopic (exact) mass is 301 g/mol. The molecule has 1 aliphatic heterocycles. The lowest BCUT2D eigenvalue weighted by molar-refractivity contribution is -0.123. The van der Waals surface area contributed by atoms with Crippen LogP contribution in [0.3, 0.4) is 0 Å². The summed E-state index contributed by atoms with van der Waals surface area (Å²) >= 11 is 0. The molecule has 120 valence electrons. The Balaban J connectivity index is 1.51. The van der Waals surface area contributed by atoms with Crippen molar-refractivity contribution >= 4 is 5.91 Å². The second-order valence-electron chi connectivity index (χ2n) is 7.14. The Hall–Kier alpha value is -1.39. The molecule has 2 N–H and O–H groups in total. The SMILES string of the molecule is CN(C)Cc1cccc(CNC(=O)C2CC23CCNCC3)c1. The van der Waals surface area contributed by atoms with Gasteiger partial charge in [-0.3, -0.25) is 4.79 Å². The van der Waals surface area contributed by atoms with Crippen molar-refractivity contribution in [2.75, 3.05) is 27.2 Å². The van der Waals surface area contributed by atoms with Crippen molar-refractivity contribution in [3.05, 3.63) is 35.4 Å². The molecule has 0 radical (unpaired) electrons. The van der Waals surface area contributed by atoms with Gasteiger partial charge in [0.1, 0.15) is 0 Å². The molecule has 1 atom stereocenters. The van der Waals surface area contributed by atoms with Crippen LogP contribution in [-0.4, -0.2) is 38.0 Å². The second-order valence-corrected chi connectivity index (χ2v) is 7.14. The van der Waals surface area contributed by atoms with Crippen LogP contribution in [0.5, 0.6) is 0 Å². The molecule has 4 nitrogen and oxygen atoms in total. The smallest absolute Gasteiger partial charge is 0.223 e. The Bertz CT molecular complexity index is 535. The fraction of sp³-hybridized carbons (Fsp3) is 0.611. The van der Waals surface area contributed by atoms with E-state index in [9.17, 15) is 4.79 Å². The van der Waals surface area contributed by atoms with E-state index in [-0.39, 0.29) is 11.8 Å². The highest BCUT2D eigenvalue weighted by molar-refractivity contribution is 5.82. The lowest BCUT2D eigenvalue weighted by Gasteiger charge is -2.23. The summed E-state index contributed by atoms with van der Waals surface area (Å²) in [6.07, 6.45) is 3.40. The minimum absolute atomic E-state index is 0.250. The van der Waals surface area contributed by atoms with Gasteiger partial charge in [-0.05, 0) is 63.0 Å². The van der Waals surface area contributed by atoms with Crippen LogP contribution in [0.4, 0.5) is 0 Å². The van der Waals surface area contributed by atoms with Gasteiger partial charge in [0, 0.05) is 19.0 Å². The van der Waals surface area contributed by atoms with Crippen molar-refractivity contribution in [1.82, 2.24) is 15.5 Å². The number of nitrogens with zero attached hydrogens (tertiary/aromatic N) is 1. The van der Waals surface area contributed by atoms with Gasteiger partial charge in [0.25, 0.3) is 0 Å². The summed E-state index contributed by atoms with van der Waals surface area (Å²) in [7, 11) is 4.14. The van der Waals surface area contributed by atoms with Crippen LogP contribution < -0.4 is 10.6 Å². The lowest BCUT2D eigenvalue weighted by Crippen LogP contribution is -2.33. The molecule has 0 aromatic heterocycles. The summed E-state index contributed by atoms with van der Waals surface area (Å²) in [5.41, 5.74) is 2.80. The first-order valence-electron chi connectivity index (χ1n) is 8.30. The van der Waals surface area contributed by atoms with E-state index in [2.05, 4.69) is 53.9 Å². The van der Waals surface area contributed by atoms with Crippen LogP contribution in [0.1, 0.15) is 30.4 Å². The van der Waals surface area contributed by atoms with Crippen LogP contribution in [0, 0.1) is 11.3 Å². The molecule has 1 heterocycles. The molecule has 2 aliphatic rings. The molecule has 1 unspecified atom stereocenters. The quantitative estimate of drug-likeness (QED) is 0.871. The summed E-state index contributed by atoms with van der Waals surface area (Å²) in [5, 5.41) is 6.52. The highest BCUT2D eigenvalue weighted by Gasteiger charge is 2.57. The Kier molecular flexibility index (Phi) is 4.50. The van der Waals surface area contributed by atoms with Gasteiger partial charge >= 0.3 is 0 Å². The molecule has 1 aliphatic carbocycles. The molecule has 1 saturated carbocycles. The van der Waals surface area contributed by atoms with Gasteiger partial charge in [-0.25, -0.2) is 0 Å². The van der Waals surface area contributed by atoms with Gasteiger partial charge in [-0.15, -0.1) is 0 Å². The first-order valence-corrected chi connectivity index (χ1v) is 8.30. The summed E-state index contributed by atoms with van der Waals surface area (Å²) in [5.74, 6) is 0.500. The number of rotatable bonds is 5. The van der Waals surface area contributed by atoms with Crippen molar-refractivity contribution < 1.29 is 4.79 Å². The largest absolute Gasteiger partial charge is 0.352 e. The maximum absolute atomic E-state index is 12.4. The van der Waals surface area contributed by atoms with Crippen LogP contribution in [0.15, 0.2) is 24.3 Å². The molecular formula is C18H27N3O. The number of carbonyl (C=O) groups excluding carboxylic acids is 1. The van der Waals surface area contributed by atoms with Gasteiger partial charge in [0.15, 0.2) is 0 Å². The van der Waals surface area contributed by atoms with Crippen LogP contribution in [0.25, 0.3) is 0 Å². The highest BCUT2D eigenvalue weighted by Crippen LogP contribution is 2.58. The van der Waals surface area contributed by atoms with E-state index in [4.69, 9.17) is 0 Å². The molecule has 1 aromatic carbocycles. The predicted molar refractivity (Wildman–Crippen MR) is 88.3 cm³/mol. The number of carbonyl (C=O) groups is 1. The van der Waals surface area contributed by atoms with Crippen molar-refractivity contribution in [3.8, 4) is 0 Å². The number of benzene rings is 1. The van der Waals surface area contributed by atoms with E-state index >= 15 is 0 Å². The average molecular weight is 301 g/mol. The van der Waals surface area contributed by atoms with Gasteiger partial charge in [0.2, 0.25) is 5.91 Å². The first-order chi connectivity index (χ1) is 10.6. The molecule has 3 rings (SSSR count). The second kappa shape index (κ2) is 6.39. The molecule has 4 heteroatoms. The van der Waals surface area contributed by atoms with Crippen molar-refractivity contribution in [1.29, 1.82) is 0 Å². The van der Waals surface area contributed by atoms with Crippen molar-refractivity contribution in [3.63, 3.8) is 0 Å². The van der Waals surface area contributed by atoms with E-state index in [0.717, 1.165) is 38.9 Å². The van der Waals surface area contributed by atoms with E-state index in [0.29, 0.717) is 12.0 Å². The van der Waals surface area contributed by atoms with Gasteiger partial charge in [0.05, 0.1) is 0 Å². The fourth-order valence-electron chi connectivity index (χ4n) is 3.71. The normalized spacial score (nSPS) is 22.8. The zero-order valence-corrected chi connectivity index (χ0v) is 13.7. The van der Waals surface area contributed by atoms with Gasteiger partial charge < -0.3 is 15.5 Å². The number of nitrogens with one attached hydrogen (secondary N) is 2. The third kappa shape index (κ3) is 3.50. The van der Waals surface area contributed by atoms with E-state index in [1.807, 2.05) is 0 Å². The molecule has 22 heavy (non-hydrogen) atoms. The molecule has 1 amide bonds. The maximum Gasteiger partial charge on any atom is 0.223 e. The van der Waals surface area contributed by atoms with E-state index < -0.39 is 0 Å².